The summed E-state index contributed by atoms with van der Waals surface area (Å²) >= 11 is 0. The number of nitrogens with two attached hydrogens (primary N) is 2. The van der Waals surface area contributed by atoms with Gasteiger partial charge >= 0.3 is 6.03 Å². The molecule has 120 valence electrons. The Morgan fingerprint density at radius 1 is 1.14 bits per heavy atom. The molecule has 8 nitrogen and oxygen atoms in total. The number of amides is 4. The second kappa shape index (κ2) is 7.30. The third-order valence-electron chi connectivity index (χ3n) is 3.04. The van der Waals surface area contributed by atoms with Crippen LogP contribution >= 0.6 is 0 Å². The van der Waals surface area contributed by atoms with Crippen molar-refractivity contribution in [1.82, 2.24) is 10.6 Å². The van der Waals surface area contributed by atoms with E-state index in [1.807, 2.05) is 19.1 Å². The van der Waals surface area contributed by atoms with E-state index in [1.165, 1.54) is 7.11 Å². The number of hydrogen-bond acceptors (Lipinski definition) is 4. The van der Waals surface area contributed by atoms with Crippen molar-refractivity contribution in [2.45, 2.75) is 25.9 Å². The first kappa shape index (κ1) is 17.3. The Balaban J connectivity index is 2.82. The number of hydrogen-bond donors (Lipinski definition) is 4. The first-order valence-corrected chi connectivity index (χ1v) is 6.56. The Hall–Kier alpha value is -2.77. The van der Waals surface area contributed by atoms with E-state index in [-0.39, 0.29) is 0 Å². The van der Waals surface area contributed by atoms with Crippen molar-refractivity contribution in [3.8, 4) is 5.75 Å². The van der Waals surface area contributed by atoms with Gasteiger partial charge in [-0.05, 0) is 19.9 Å². The molecule has 0 saturated carbocycles. The molecule has 0 aromatic heterocycles. The highest BCUT2D eigenvalue weighted by molar-refractivity contribution is 6.05. The molecular formula is C14H20N4O4. The van der Waals surface area contributed by atoms with Crippen molar-refractivity contribution in [3.05, 3.63) is 29.3 Å². The van der Waals surface area contributed by atoms with Crippen LogP contribution in [0.15, 0.2) is 18.2 Å². The zero-order valence-electron chi connectivity index (χ0n) is 12.7. The zero-order chi connectivity index (χ0) is 16.9. The van der Waals surface area contributed by atoms with Crippen LogP contribution in [-0.2, 0) is 9.59 Å². The lowest BCUT2D eigenvalue weighted by Gasteiger charge is -2.19. The van der Waals surface area contributed by atoms with Crippen LogP contribution in [0.4, 0.5) is 4.79 Å². The lowest BCUT2D eigenvalue weighted by atomic mass is 10.0. The van der Waals surface area contributed by atoms with E-state index < -0.39 is 29.9 Å². The molecule has 0 heterocycles. The maximum Gasteiger partial charge on any atom is 0.316 e. The third kappa shape index (κ3) is 4.37. The Morgan fingerprint density at radius 3 is 2.23 bits per heavy atom. The smallest absolute Gasteiger partial charge is 0.316 e. The third-order valence-corrected chi connectivity index (χ3v) is 3.04. The van der Waals surface area contributed by atoms with Gasteiger partial charge in [-0.3, -0.25) is 9.59 Å². The maximum absolute atomic E-state index is 11.9. The molecule has 0 saturated heterocycles. The van der Waals surface area contributed by atoms with Crippen LogP contribution in [0.5, 0.6) is 5.75 Å². The average molecular weight is 308 g/mol. The number of urea groups is 1. The molecule has 4 amide bonds. The lowest BCUT2D eigenvalue weighted by molar-refractivity contribution is -0.128. The van der Waals surface area contributed by atoms with Crippen LogP contribution in [-0.4, -0.2) is 31.0 Å². The number of nitrogens with one attached hydrogen (secondary N) is 2. The highest BCUT2D eigenvalue weighted by Gasteiger charge is 2.24. The fraction of sp³-hybridized carbons (Fsp3) is 0.357. The van der Waals surface area contributed by atoms with E-state index >= 15 is 0 Å². The van der Waals surface area contributed by atoms with Crippen molar-refractivity contribution in [1.29, 1.82) is 0 Å². The van der Waals surface area contributed by atoms with Gasteiger partial charge in [0.25, 0.3) is 0 Å². The van der Waals surface area contributed by atoms with E-state index in [0.29, 0.717) is 5.75 Å². The second-order valence-corrected chi connectivity index (χ2v) is 4.82. The number of ether oxygens (including phenoxy) is 1. The van der Waals surface area contributed by atoms with E-state index in [1.54, 1.807) is 13.0 Å². The highest BCUT2D eigenvalue weighted by atomic mass is 16.5. The number of primary amides is 2. The molecule has 0 spiro atoms. The molecule has 22 heavy (non-hydrogen) atoms. The summed E-state index contributed by atoms with van der Waals surface area (Å²) in [6, 6.07) is 2.81. The van der Waals surface area contributed by atoms with Crippen molar-refractivity contribution in [3.63, 3.8) is 0 Å². The van der Waals surface area contributed by atoms with Gasteiger partial charge in [0.15, 0.2) is 6.04 Å². The molecule has 6 N–H and O–H groups in total. The van der Waals surface area contributed by atoms with Crippen molar-refractivity contribution < 1.29 is 19.1 Å². The van der Waals surface area contributed by atoms with E-state index in [2.05, 4.69) is 10.6 Å². The largest absolute Gasteiger partial charge is 0.496 e. The summed E-state index contributed by atoms with van der Waals surface area (Å²) in [4.78, 5) is 33.9. The molecule has 0 aliphatic heterocycles. The number of benzene rings is 1. The summed E-state index contributed by atoms with van der Waals surface area (Å²) in [5.41, 5.74) is 11.7. The van der Waals surface area contributed by atoms with Crippen LogP contribution in [0.2, 0.25) is 0 Å². The molecule has 0 radical (unpaired) electrons. The molecule has 8 heteroatoms. The summed E-state index contributed by atoms with van der Waals surface area (Å²) < 4.78 is 5.24. The molecule has 1 rings (SSSR count). The summed E-state index contributed by atoms with van der Waals surface area (Å²) in [5.74, 6) is -1.44. The highest BCUT2D eigenvalue weighted by Crippen LogP contribution is 2.25. The van der Waals surface area contributed by atoms with E-state index in [4.69, 9.17) is 16.2 Å². The zero-order valence-corrected chi connectivity index (χ0v) is 12.7. The van der Waals surface area contributed by atoms with Crippen molar-refractivity contribution >= 4 is 17.8 Å². The minimum absolute atomic E-state index is 0.420. The van der Waals surface area contributed by atoms with Gasteiger partial charge in [-0.2, -0.15) is 0 Å². The first-order valence-electron chi connectivity index (χ1n) is 6.56. The Kier molecular flexibility index (Phi) is 5.73. The fourth-order valence-electron chi connectivity index (χ4n) is 1.92. The number of methoxy groups -OCH3 is 1. The van der Waals surface area contributed by atoms with Crippen LogP contribution in [0.25, 0.3) is 0 Å². The Labute approximate surface area is 128 Å². The SMILES string of the molecule is COc1ccc(C)cc1C(C)NC(=O)NC(C(N)=O)C(N)=O. The molecule has 1 unspecified atom stereocenters. The maximum atomic E-state index is 11.9. The molecule has 1 aromatic rings. The van der Waals surface area contributed by atoms with Gasteiger partial charge in [0.1, 0.15) is 5.75 Å². The quantitative estimate of drug-likeness (QED) is 0.536. The number of carbonyl (C=O) groups is 3. The van der Waals surface area contributed by atoms with Gasteiger partial charge < -0.3 is 26.8 Å². The summed E-state index contributed by atoms with van der Waals surface area (Å²) in [5, 5.41) is 4.72. The van der Waals surface area contributed by atoms with E-state index in [9.17, 15) is 14.4 Å². The van der Waals surface area contributed by atoms with Gasteiger partial charge in [0, 0.05) is 5.56 Å². The monoisotopic (exact) mass is 308 g/mol. The van der Waals surface area contributed by atoms with Crippen LogP contribution in [0.1, 0.15) is 24.1 Å². The average Bonchev–Trinajstić information content (AvgIpc) is 2.43. The van der Waals surface area contributed by atoms with Gasteiger partial charge in [-0.25, -0.2) is 4.79 Å². The summed E-state index contributed by atoms with van der Waals surface area (Å²) in [6.07, 6.45) is 0. The molecular weight excluding hydrogens is 288 g/mol. The minimum atomic E-state index is -1.56. The summed E-state index contributed by atoms with van der Waals surface area (Å²) in [6.45, 7) is 3.65. The molecule has 1 atom stereocenters. The van der Waals surface area contributed by atoms with Gasteiger partial charge in [0.2, 0.25) is 11.8 Å². The van der Waals surface area contributed by atoms with Crippen molar-refractivity contribution in [2.24, 2.45) is 11.5 Å². The predicted octanol–water partition coefficient (Wildman–Crippen LogP) is -0.297. The standard InChI is InChI=1S/C14H20N4O4/c1-7-4-5-10(22-3)9(6-7)8(2)17-14(21)18-11(12(15)19)13(16)20/h4-6,8,11H,1-3H3,(H2,15,19)(H2,16,20)(H2,17,18,21). The Bertz CT molecular complexity index is 574. The second-order valence-electron chi connectivity index (χ2n) is 4.82. The molecule has 0 bridgehead atoms. The van der Waals surface area contributed by atoms with Gasteiger partial charge in [-0.1, -0.05) is 17.7 Å². The number of aryl methyl sites for hydroxylation is 1. The molecule has 1 aromatic carbocycles. The van der Waals surface area contributed by atoms with Crippen LogP contribution in [0.3, 0.4) is 0 Å². The summed E-state index contributed by atoms with van der Waals surface area (Å²) in [7, 11) is 1.52. The molecule has 0 aliphatic carbocycles. The fourth-order valence-corrected chi connectivity index (χ4v) is 1.92. The first-order chi connectivity index (χ1) is 10.3. The minimum Gasteiger partial charge on any atom is -0.496 e. The van der Waals surface area contributed by atoms with Crippen molar-refractivity contribution in [2.75, 3.05) is 7.11 Å². The van der Waals surface area contributed by atoms with Crippen LogP contribution < -0.4 is 26.8 Å². The number of rotatable bonds is 6. The number of carbonyl (C=O) groups excluding carboxylic acids is 3. The lowest BCUT2D eigenvalue weighted by Crippen LogP contribution is -2.55. The predicted molar refractivity (Wildman–Crippen MR) is 80.0 cm³/mol. The van der Waals surface area contributed by atoms with Gasteiger partial charge in [0.05, 0.1) is 13.2 Å². The molecule has 0 aliphatic rings. The van der Waals surface area contributed by atoms with E-state index in [0.717, 1.165) is 11.1 Å². The van der Waals surface area contributed by atoms with Crippen LogP contribution in [0, 0.1) is 6.92 Å². The Morgan fingerprint density at radius 2 is 1.73 bits per heavy atom. The van der Waals surface area contributed by atoms with Gasteiger partial charge in [-0.15, -0.1) is 0 Å². The molecule has 0 fully saturated rings. The normalized spacial score (nSPS) is 11.6. The topological polar surface area (TPSA) is 137 Å².